The van der Waals surface area contributed by atoms with Crippen LogP contribution < -0.4 is 5.73 Å². The molecule has 106 valence electrons. The van der Waals surface area contributed by atoms with Gasteiger partial charge in [-0.1, -0.05) is 36.8 Å². The molecule has 3 rings (SSSR count). The van der Waals surface area contributed by atoms with E-state index in [-0.39, 0.29) is 11.5 Å². The van der Waals surface area contributed by atoms with Crippen molar-refractivity contribution < 1.29 is 0 Å². The van der Waals surface area contributed by atoms with Gasteiger partial charge in [0.15, 0.2) is 0 Å². The molecule has 2 aromatic rings. The highest BCUT2D eigenvalue weighted by atomic mass is 15.0. The Kier molecular flexibility index (Phi) is 3.62. The molecule has 20 heavy (non-hydrogen) atoms. The summed E-state index contributed by atoms with van der Waals surface area (Å²) in [6.45, 7) is 0. The molecule has 0 spiro atoms. The topological polar surface area (TPSA) is 43.8 Å². The highest BCUT2D eigenvalue weighted by Crippen LogP contribution is 2.46. The van der Waals surface area contributed by atoms with Crippen LogP contribution in [0.3, 0.4) is 0 Å². The summed E-state index contributed by atoms with van der Waals surface area (Å²) in [4.78, 5) is 4.39. The van der Waals surface area contributed by atoms with Crippen LogP contribution in [0.15, 0.2) is 42.7 Å². The number of hydrogen-bond acceptors (Lipinski definition) is 2. The third kappa shape index (κ3) is 2.27. The van der Waals surface area contributed by atoms with E-state index in [2.05, 4.69) is 39.9 Å². The highest BCUT2D eigenvalue weighted by molar-refractivity contribution is 5.30. The molecular weight excluding hydrogens is 246 g/mol. The number of nitrogens with zero attached hydrogens (tertiary/aromatic N) is 2. The third-order valence-corrected chi connectivity index (χ3v) is 4.90. The van der Waals surface area contributed by atoms with Crippen molar-refractivity contribution in [3.63, 3.8) is 0 Å². The van der Waals surface area contributed by atoms with Gasteiger partial charge in [-0.2, -0.15) is 0 Å². The van der Waals surface area contributed by atoms with E-state index < -0.39 is 0 Å². The van der Waals surface area contributed by atoms with Gasteiger partial charge in [-0.3, -0.25) is 0 Å². The van der Waals surface area contributed by atoms with Gasteiger partial charge in [-0.15, -0.1) is 0 Å². The van der Waals surface area contributed by atoms with Crippen molar-refractivity contribution in [2.75, 3.05) is 0 Å². The van der Waals surface area contributed by atoms with E-state index in [1.54, 1.807) is 0 Å². The van der Waals surface area contributed by atoms with E-state index >= 15 is 0 Å². The molecular formula is C17H23N3. The zero-order valence-electron chi connectivity index (χ0n) is 12.1. The normalized spacial score (nSPS) is 18.5. The van der Waals surface area contributed by atoms with Crippen LogP contribution in [-0.4, -0.2) is 15.6 Å². The van der Waals surface area contributed by atoms with Crippen molar-refractivity contribution in [3.05, 3.63) is 54.1 Å². The lowest BCUT2D eigenvalue weighted by Crippen LogP contribution is -2.50. The smallest absolute Gasteiger partial charge is 0.108 e. The predicted molar refractivity (Wildman–Crippen MR) is 81.5 cm³/mol. The molecule has 1 aliphatic carbocycles. The zero-order chi connectivity index (χ0) is 14.0. The summed E-state index contributed by atoms with van der Waals surface area (Å²) in [5, 5.41) is 0. The minimum absolute atomic E-state index is 0.201. The number of benzene rings is 1. The van der Waals surface area contributed by atoms with Gasteiger partial charge >= 0.3 is 0 Å². The maximum atomic E-state index is 6.58. The van der Waals surface area contributed by atoms with Crippen molar-refractivity contribution in [1.82, 2.24) is 9.55 Å². The molecule has 1 atom stereocenters. The van der Waals surface area contributed by atoms with Crippen molar-refractivity contribution in [1.29, 1.82) is 0 Å². The maximum absolute atomic E-state index is 6.58. The van der Waals surface area contributed by atoms with E-state index in [0.717, 1.165) is 18.7 Å². The SMILES string of the molecule is Cn1ccnc1CCC(N)C1(c2ccccc2)CCC1. The first-order valence-electron chi connectivity index (χ1n) is 7.50. The third-order valence-electron chi connectivity index (χ3n) is 4.90. The second kappa shape index (κ2) is 5.41. The Bertz CT molecular complexity index is 555. The lowest BCUT2D eigenvalue weighted by molar-refractivity contribution is 0.188. The van der Waals surface area contributed by atoms with Crippen LogP contribution in [0.4, 0.5) is 0 Å². The minimum atomic E-state index is 0.201. The number of rotatable bonds is 5. The van der Waals surface area contributed by atoms with Crippen LogP contribution >= 0.6 is 0 Å². The molecule has 1 aromatic heterocycles. The molecule has 0 aliphatic heterocycles. The van der Waals surface area contributed by atoms with Crippen molar-refractivity contribution in [2.24, 2.45) is 12.8 Å². The largest absolute Gasteiger partial charge is 0.338 e. The maximum Gasteiger partial charge on any atom is 0.108 e. The first kappa shape index (κ1) is 13.4. The Labute approximate surface area is 120 Å². The van der Waals surface area contributed by atoms with Gasteiger partial charge in [0, 0.05) is 37.3 Å². The van der Waals surface area contributed by atoms with Crippen LogP contribution in [0, 0.1) is 0 Å². The van der Waals surface area contributed by atoms with Gasteiger partial charge in [0.25, 0.3) is 0 Å². The molecule has 1 saturated carbocycles. The summed E-state index contributed by atoms with van der Waals surface area (Å²) in [5.41, 5.74) is 8.19. The molecule has 2 N–H and O–H groups in total. The Balaban J connectivity index is 1.72. The van der Waals surface area contributed by atoms with Crippen LogP contribution in [0.25, 0.3) is 0 Å². The van der Waals surface area contributed by atoms with E-state index in [9.17, 15) is 0 Å². The molecule has 1 aromatic carbocycles. The Hall–Kier alpha value is -1.61. The fourth-order valence-corrected chi connectivity index (χ4v) is 3.40. The lowest BCUT2D eigenvalue weighted by atomic mass is 9.59. The first-order valence-corrected chi connectivity index (χ1v) is 7.50. The summed E-state index contributed by atoms with van der Waals surface area (Å²) < 4.78 is 2.09. The molecule has 0 amide bonds. The molecule has 0 saturated heterocycles. The van der Waals surface area contributed by atoms with Crippen LogP contribution in [0.5, 0.6) is 0 Å². The van der Waals surface area contributed by atoms with E-state index in [4.69, 9.17) is 5.73 Å². The number of nitrogens with two attached hydrogens (primary N) is 1. The van der Waals surface area contributed by atoms with E-state index in [1.165, 1.54) is 24.8 Å². The molecule has 1 unspecified atom stereocenters. The van der Waals surface area contributed by atoms with Gasteiger partial charge in [-0.05, 0) is 24.8 Å². The number of aromatic nitrogens is 2. The lowest BCUT2D eigenvalue weighted by Gasteiger charge is -2.47. The fourth-order valence-electron chi connectivity index (χ4n) is 3.40. The zero-order valence-corrected chi connectivity index (χ0v) is 12.1. The summed E-state index contributed by atoms with van der Waals surface area (Å²) in [7, 11) is 2.05. The molecule has 1 aliphatic rings. The molecule has 3 nitrogen and oxygen atoms in total. The molecule has 1 fully saturated rings. The molecule has 1 heterocycles. The number of imidazole rings is 1. The number of hydrogen-bond donors (Lipinski definition) is 1. The highest BCUT2D eigenvalue weighted by Gasteiger charge is 2.43. The Morgan fingerprint density at radius 2 is 2.05 bits per heavy atom. The molecule has 0 bridgehead atoms. The van der Waals surface area contributed by atoms with Crippen molar-refractivity contribution >= 4 is 0 Å². The van der Waals surface area contributed by atoms with Crippen LogP contribution in [0.1, 0.15) is 37.1 Å². The molecule has 3 heteroatoms. The Morgan fingerprint density at radius 1 is 1.30 bits per heavy atom. The van der Waals surface area contributed by atoms with Crippen molar-refractivity contribution in [2.45, 2.75) is 43.6 Å². The summed E-state index contributed by atoms with van der Waals surface area (Å²) in [6, 6.07) is 11.0. The van der Waals surface area contributed by atoms with Crippen LogP contribution in [0.2, 0.25) is 0 Å². The first-order chi connectivity index (χ1) is 9.72. The second-order valence-corrected chi connectivity index (χ2v) is 5.98. The van der Waals surface area contributed by atoms with Gasteiger partial charge < -0.3 is 10.3 Å². The summed E-state index contributed by atoms with van der Waals surface area (Å²) in [6.07, 6.45) is 9.55. The van der Waals surface area contributed by atoms with Gasteiger partial charge in [0.05, 0.1) is 0 Å². The van der Waals surface area contributed by atoms with E-state index in [1.807, 2.05) is 19.4 Å². The average molecular weight is 269 g/mol. The molecule has 0 radical (unpaired) electrons. The Morgan fingerprint density at radius 3 is 2.60 bits per heavy atom. The van der Waals surface area contributed by atoms with Gasteiger partial charge in [-0.25, -0.2) is 4.98 Å². The average Bonchev–Trinajstić information content (AvgIpc) is 2.82. The van der Waals surface area contributed by atoms with Gasteiger partial charge in [0.2, 0.25) is 0 Å². The fraction of sp³-hybridized carbons (Fsp3) is 0.471. The van der Waals surface area contributed by atoms with Crippen LogP contribution in [-0.2, 0) is 18.9 Å². The second-order valence-electron chi connectivity index (χ2n) is 5.98. The van der Waals surface area contributed by atoms with Gasteiger partial charge in [0.1, 0.15) is 5.82 Å². The van der Waals surface area contributed by atoms with E-state index in [0.29, 0.717) is 0 Å². The predicted octanol–water partition coefficient (Wildman–Crippen LogP) is 2.80. The number of aryl methyl sites for hydroxylation is 2. The van der Waals surface area contributed by atoms with Crippen molar-refractivity contribution in [3.8, 4) is 0 Å². The summed E-state index contributed by atoms with van der Waals surface area (Å²) in [5.74, 6) is 1.13. The monoisotopic (exact) mass is 269 g/mol. The standard InChI is InChI=1S/C17H23N3/c1-20-13-12-19-16(20)9-8-15(18)17(10-5-11-17)14-6-3-2-4-7-14/h2-4,6-7,12-13,15H,5,8-11,18H2,1H3. The minimum Gasteiger partial charge on any atom is -0.338 e. The summed E-state index contributed by atoms with van der Waals surface area (Å²) >= 11 is 0. The quantitative estimate of drug-likeness (QED) is 0.907.